The molecule has 1 rings (SSSR count). The Labute approximate surface area is 206 Å². The van der Waals surface area contributed by atoms with Gasteiger partial charge in [0.25, 0.3) is 0 Å². The molecule has 1 unspecified atom stereocenters. The minimum absolute atomic E-state index is 0. The minimum atomic E-state index is 0. The summed E-state index contributed by atoms with van der Waals surface area (Å²) < 4.78 is 45.0. The van der Waals surface area contributed by atoms with Gasteiger partial charge in [-0.3, -0.25) is 0 Å². The molecule has 0 aromatic heterocycles. The van der Waals surface area contributed by atoms with E-state index in [1.807, 2.05) is 24.3 Å². The van der Waals surface area contributed by atoms with Crippen molar-refractivity contribution < 1.29 is 61.5 Å². The number of benzene rings is 1. The first kappa shape index (κ1) is 51.5. The van der Waals surface area contributed by atoms with Gasteiger partial charge in [-0.1, -0.05) is 62.3 Å². The first-order valence-electron chi connectivity index (χ1n) is 7.76. The Bertz CT molecular complexity index is 573. The topological polar surface area (TPSA) is 119 Å². The predicted molar refractivity (Wildman–Crippen MR) is 99.3 cm³/mol. The Morgan fingerprint density at radius 2 is 1.23 bits per heavy atom. The molecule has 0 heterocycles. The van der Waals surface area contributed by atoms with E-state index in [2.05, 4.69) is 77.4 Å². The molecule has 1 aromatic carbocycles. The summed E-state index contributed by atoms with van der Waals surface area (Å²) in [7, 11) is 0. The number of hydrogen-bond acceptors (Lipinski definition) is 0. The van der Waals surface area contributed by atoms with Gasteiger partial charge in [0.05, 0.1) is 0 Å². The quantitative estimate of drug-likeness (QED) is 0.174. The van der Waals surface area contributed by atoms with Gasteiger partial charge in [-0.2, -0.15) is 0 Å². The zero-order valence-corrected chi connectivity index (χ0v) is 19.0. The van der Waals surface area contributed by atoms with E-state index in [0.29, 0.717) is 5.92 Å². The molecule has 0 spiro atoms. The van der Waals surface area contributed by atoms with Crippen LogP contribution in [-0.4, -0.2) is 0 Å². The van der Waals surface area contributed by atoms with E-state index in [9.17, 15) is 0 Å². The second-order valence-corrected chi connectivity index (χ2v) is 4.35. The van der Waals surface area contributed by atoms with Crippen molar-refractivity contribution in [1.82, 2.24) is 0 Å². The third-order valence-corrected chi connectivity index (χ3v) is 2.80. The molecular formula is C23H22Co2O6. The van der Waals surface area contributed by atoms with Gasteiger partial charge in [0, 0.05) is 45.0 Å². The maximum absolute atomic E-state index is 7.50. The van der Waals surface area contributed by atoms with Crippen LogP contribution in [0.5, 0.6) is 0 Å². The van der Waals surface area contributed by atoms with Crippen LogP contribution < -0.4 is 0 Å². The molecule has 1 atom stereocenters. The van der Waals surface area contributed by atoms with Crippen molar-refractivity contribution in [2.45, 2.75) is 39.0 Å². The SMILES string of the molecule is C=CCC(C#Cc1ccccc1)CCCCC.[C-]#[O+].[C-]#[O+].[C-]#[O+].[C-]#[O+].[C-]#[O+].[C-]#[O+].[Co].[Co]. The van der Waals surface area contributed by atoms with E-state index in [1.54, 1.807) is 0 Å². The normalized spacial score (nSPS) is 6.61. The van der Waals surface area contributed by atoms with Crippen LogP contribution in [-0.2, 0) is 61.5 Å². The van der Waals surface area contributed by atoms with E-state index >= 15 is 0 Å². The summed E-state index contributed by atoms with van der Waals surface area (Å²) >= 11 is 0. The van der Waals surface area contributed by atoms with Crippen LogP contribution in [0.3, 0.4) is 0 Å². The van der Waals surface area contributed by atoms with Crippen molar-refractivity contribution in [3.8, 4) is 11.8 Å². The Morgan fingerprint density at radius 3 is 1.58 bits per heavy atom. The van der Waals surface area contributed by atoms with Crippen molar-refractivity contribution >= 4 is 0 Å². The predicted octanol–water partition coefficient (Wildman–Crippen LogP) is 4.58. The van der Waals surface area contributed by atoms with Crippen LogP contribution in [0.4, 0.5) is 0 Å². The summed E-state index contributed by atoms with van der Waals surface area (Å²) in [6.45, 7) is 33.1. The van der Waals surface area contributed by atoms with Gasteiger partial charge in [0.2, 0.25) is 0 Å². The summed E-state index contributed by atoms with van der Waals surface area (Å²) in [6.07, 6.45) is 8.03. The van der Waals surface area contributed by atoms with Gasteiger partial charge < -0.3 is 0 Å². The molecule has 0 saturated carbocycles. The Hall–Kier alpha value is -2.03. The number of hydrogen-bond donors (Lipinski definition) is 0. The average molecular weight is 512 g/mol. The van der Waals surface area contributed by atoms with Crippen LogP contribution >= 0.6 is 0 Å². The first-order chi connectivity index (χ1) is 14.4. The summed E-state index contributed by atoms with van der Waals surface area (Å²) in [5, 5.41) is 0. The summed E-state index contributed by atoms with van der Waals surface area (Å²) in [4.78, 5) is 0. The molecule has 0 aliphatic heterocycles. The second kappa shape index (κ2) is 70.6. The van der Waals surface area contributed by atoms with Crippen molar-refractivity contribution in [1.29, 1.82) is 0 Å². The molecule has 0 aliphatic carbocycles. The van der Waals surface area contributed by atoms with E-state index in [4.69, 9.17) is 27.9 Å². The van der Waals surface area contributed by atoms with E-state index in [-0.39, 0.29) is 33.6 Å². The zero-order valence-electron chi connectivity index (χ0n) is 16.9. The third-order valence-electron chi connectivity index (χ3n) is 2.80. The van der Waals surface area contributed by atoms with Crippen molar-refractivity contribution in [2.24, 2.45) is 5.92 Å². The van der Waals surface area contributed by atoms with Gasteiger partial charge in [-0.15, -0.1) is 6.58 Å². The molecule has 168 valence electrons. The fourth-order valence-corrected chi connectivity index (χ4v) is 1.80. The van der Waals surface area contributed by atoms with Gasteiger partial charge in [-0.05, 0) is 25.0 Å². The third kappa shape index (κ3) is 52.4. The fourth-order valence-electron chi connectivity index (χ4n) is 1.80. The molecule has 2 radical (unpaired) electrons. The van der Waals surface area contributed by atoms with Crippen molar-refractivity contribution in [3.05, 3.63) is 88.5 Å². The van der Waals surface area contributed by atoms with Crippen molar-refractivity contribution in [3.63, 3.8) is 0 Å². The monoisotopic (exact) mass is 512 g/mol. The Balaban J connectivity index is -0.0000000545. The van der Waals surface area contributed by atoms with Gasteiger partial charge >= 0.3 is 67.8 Å². The van der Waals surface area contributed by atoms with Crippen LogP contribution in [0.15, 0.2) is 43.0 Å². The smallest absolute Gasteiger partial charge is 0 e. The van der Waals surface area contributed by atoms with E-state index < -0.39 is 0 Å². The zero-order chi connectivity index (χ0) is 24.3. The largest absolute Gasteiger partial charge is 0 e. The van der Waals surface area contributed by atoms with E-state index in [1.165, 1.54) is 25.7 Å². The maximum Gasteiger partial charge on any atom is 0 e. The van der Waals surface area contributed by atoms with Crippen LogP contribution in [0.2, 0.25) is 0 Å². The van der Waals surface area contributed by atoms with Gasteiger partial charge in [-0.25, -0.2) is 0 Å². The minimum Gasteiger partial charge on any atom is 0 e. The summed E-state index contributed by atoms with van der Waals surface area (Å²) in [6, 6.07) is 10.2. The molecular weight excluding hydrogens is 490 g/mol. The van der Waals surface area contributed by atoms with Crippen molar-refractivity contribution in [2.75, 3.05) is 0 Å². The number of allylic oxidation sites excluding steroid dienone is 1. The molecule has 6 nitrogen and oxygen atoms in total. The summed E-state index contributed by atoms with van der Waals surface area (Å²) in [5.74, 6) is 7.10. The Kier molecular flexibility index (Phi) is 117. The molecule has 0 N–H and O–H groups in total. The average Bonchev–Trinajstić information content (AvgIpc) is 2.86. The molecule has 0 saturated heterocycles. The number of rotatable bonds is 6. The summed E-state index contributed by atoms with van der Waals surface area (Å²) in [5.41, 5.74) is 1.11. The molecule has 31 heavy (non-hydrogen) atoms. The fraction of sp³-hybridized carbons (Fsp3) is 0.304. The molecule has 0 fully saturated rings. The van der Waals surface area contributed by atoms with Gasteiger partial charge in [0.15, 0.2) is 0 Å². The molecule has 8 heteroatoms. The maximum atomic E-state index is 7.50. The van der Waals surface area contributed by atoms with Gasteiger partial charge in [0.1, 0.15) is 0 Å². The standard InChI is InChI=1S/C17H22.6CO.2Co/c1-3-5-7-11-16(10-4-2)14-15-17-12-8-6-9-13-17;6*1-2;;/h4,6,8-9,12-13,16H,2-3,5,7,10-11H2,1H3;;;;;;;;. The van der Waals surface area contributed by atoms with Crippen LogP contribution in [0.25, 0.3) is 0 Å². The first-order valence-corrected chi connectivity index (χ1v) is 7.76. The van der Waals surface area contributed by atoms with Crippen LogP contribution in [0.1, 0.15) is 44.6 Å². The second-order valence-electron chi connectivity index (χ2n) is 4.35. The number of unbranched alkanes of at least 4 members (excludes halogenated alkanes) is 2. The molecule has 0 amide bonds. The van der Waals surface area contributed by atoms with Crippen LogP contribution in [0, 0.1) is 57.7 Å². The van der Waals surface area contributed by atoms with E-state index in [0.717, 1.165) is 12.0 Å². The molecule has 0 bridgehead atoms. The molecule has 0 aliphatic rings. The molecule has 1 aromatic rings. The Morgan fingerprint density at radius 1 is 0.806 bits per heavy atom.